The van der Waals surface area contributed by atoms with Crippen molar-refractivity contribution in [3.8, 4) is 0 Å². The number of carbonyl (C=O) groups excluding carboxylic acids is 1. The Kier molecular flexibility index (Phi) is 3.39. The first kappa shape index (κ1) is 13.6. The van der Waals surface area contributed by atoms with Crippen molar-refractivity contribution in [3.63, 3.8) is 0 Å². The Morgan fingerprint density at radius 3 is 2.53 bits per heavy atom. The first-order valence-corrected chi connectivity index (χ1v) is 6.35. The highest BCUT2D eigenvalue weighted by molar-refractivity contribution is 5.89. The molecule has 104 valence electrons. The maximum Gasteiger partial charge on any atom is 0.415 e. The van der Waals surface area contributed by atoms with Gasteiger partial charge in [0.25, 0.3) is 0 Å². The molecule has 2 N–H and O–H groups in total. The van der Waals surface area contributed by atoms with E-state index in [1.165, 1.54) is 17.0 Å². The molecule has 1 aromatic carbocycles. The Bertz CT molecular complexity index is 493. The zero-order valence-corrected chi connectivity index (χ0v) is 11.4. The van der Waals surface area contributed by atoms with E-state index in [9.17, 15) is 9.18 Å². The summed E-state index contributed by atoms with van der Waals surface area (Å²) >= 11 is 0. The van der Waals surface area contributed by atoms with Crippen LogP contribution in [0, 0.1) is 5.82 Å². The fourth-order valence-corrected chi connectivity index (χ4v) is 1.81. The average molecular weight is 266 g/mol. The average Bonchev–Trinajstić information content (AvgIpc) is 3.03. The SMILES string of the molecule is CC(C)(C)OC(=O)N(c1ccc(N)cc1F)C1CC1. The molecule has 0 atom stereocenters. The van der Waals surface area contributed by atoms with Gasteiger partial charge in [0.15, 0.2) is 0 Å². The monoisotopic (exact) mass is 266 g/mol. The second-order valence-electron chi connectivity index (χ2n) is 5.79. The Morgan fingerprint density at radius 2 is 2.05 bits per heavy atom. The van der Waals surface area contributed by atoms with Gasteiger partial charge in [0.1, 0.15) is 11.4 Å². The molecule has 0 aliphatic heterocycles. The normalized spacial score (nSPS) is 15.2. The molecule has 0 unspecified atom stereocenters. The van der Waals surface area contributed by atoms with Gasteiger partial charge in [0, 0.05) is 11.7 Å². The summed E-state index contributed by atoms with van der Waals surface area (Å²) in [6.45, 7) is 5.36. The summed E-state index contributed by atoms with van der Waals surface area (Å²) in [7, 11) is 0. The smallest absolute Gasteiger partial charge is 0.415 e. The number of ether oxygens (including phenoxy) is 1. The van der Waals surface area contributed by atoms with Crippen molar-refractivity contribution in [2.45, 2.75) is 45.3 Å². The van der Waals surface area contributed by atoms with Crippen LogP contribution in [0.15, 0.2) is 18.2 Å². The van der Waals surface area contributed by atoms with Crippen LogP contribution >= 0.6 is 0 Å². The van der Waals surface area contributed by atoms with E-state index in [1.807, 2.05) is 0 Å². The van der Waals surface area contributed by atoms with Gasteiger partial charge in [0.05, 0.1) is 5.69 Å². The lowest BCUT2D eigenvalue weighted by molar-refractivity contribution is 0.0576. The van der Waals surface area contributed by atoms with Crippen molar-refractivity contribution < 1.29 is 13.9 Å². The number of carbonyl (C=O) groups is 1. The van der Waals surface area contributed by atoms with Crippen LogP contribution in [0.3, 0.4) is 0 Å². The molecule has 1 saturated carbocycles. The minimum atomic E-state index is -0.603. The van der Waals surface area contributed by atoms with Crippen LogP contribution in [-0.2, 0) is 4.74 Å². The number of nitrogen functional groups attached to an aromatic ring is 1. The molecule has 1 fully saturated rings. The number of benzene rings is 1. The molecule has 1 aliphatic rings. The summed E-state index contributed by atoms with van der Waals surface area (Å²) in [6.07, 6.45) is 1.21. The molecule has 0 spiro atoms. The van der Waals surface area contributed by atoms with Crippen molar-refractivity contribution in [1.29, 1.82) is 0 Å². The number of hydrogen-bond acceptors (Lipinski definition) is 3. The van der Waals surface area contributed by atoms with E-state index >= 15 is 0 Å². The topological polar surface area (TPSA) is 55.6 Å². The summed E-state index contributed by atoms with van der Waals surface area (Å²) in [5, 5.41) is 0. The molecule has 2 rings (SSSR count). The Labute approximate surface area is 112 Å². The van der Waals surface area contributed by atoms with Crippen molar-refractivity contribution in [2.24, 2.45) is 0 Å². The van der Waals surface area contributed by atoms with Crippen molar-refractivity contribution in [1.82, 2.24) is 0 Å². The third-order valence-corrected chi connectivity index (χ3v) is 2.73. The van der Waals surface area contributed by atoms with Crippen molar-refractivity contribution in [3.05, 3.63) is 24.0 Å². The Hall–Kier alpha value is -1.78. The second-order valence-corrected chi connectivity index (χ2v) is 5.79. The quantitative estimate of drug-likeness (QED) is 0.835. The van der Waals surface area contributed by atoms with Crippen molar-refractivity contribution >= 4 is 17.5 Å². The van der Waals surface area contributed by atoms with Gasteiger partial charge in [-0.15, -0.1) is 0 Å². The highest BCUT2D eigenvalue weighted by atomic mass is 19.1. The summed E-state index contributed by atoms with van der Waals surface area (Å²) < 4.78 is 19.3. The molecule has 4 nitrogen and oxygen atoms in total. The van der Waals surface area contributed by atoms with Gasteiger partial charge in [-0.3, -0.25) is 4.90 Å². The van der Waals surface area contributed by atoms with E-state index < -0.39 is 17.5 Å². The van der Waals surface area contributed by atoms with Gasteiger partial charge in [-0.1, -0.05) is 0 Å². The predicted octanol–water partition coefficient (Wildman–Crippen LogP) is 3.31. The fourth-order valence-electron chi connectivity index (χ4n) is 1.81. The zero-order valence-electron chi connectivity index (χ0n) is 11.4. The van der Waals surface area contributed by atoms with Crippen LogP contribution in [0.2, 0.25) is 0 Å². The first-order chi connectivity index (χ1) is 8.78. The van der Waals surface area contributed by atoms with Gasteiger partial charge in [0.2, 0.25) is 0 Å². The highest BCUT2D eigenvalue weighted by Crippen LogP contribution is 2.35. The number of anilines is 2. The number of nitrogens with two attached hydrogens (primary N) is 1. The molecular weight excluding hydrogens is 247 g/mol. The Morgan fingerprint density at radius 1 is 1.42 bits per heavy atom. The summed E-state index contributed by atoms with van der Waals surface area (Å²) in [5.74, 6) is -0.502. The van der Waals surface area contributed by atoms with Crippen LogP contribution in [0.25, 0.3) is 0 Å². The molecule has 19 heavy (non-hydrogen) atoms. The standard InChI is InChI=1S/C14H19FN2O2/c1-14(2,3)19-13(18)17(10-5-6-10)12-7-4-9(16)8-11(12)15/h4,7-8,10H,5-6,16H2,1-3H3. The minimum absolute atomic E-state index is 0.0213. The predicted molar refractivity (Wildman–Crippen MR) is 72.5 cm³/mol. The molecule has 0 bridgehead atoms. The van der Waals surface area contributed by atoms with E-state index in [4.69, 9.17) is 10.5 Å². The van der Waals surface area contributed by atoms with E-state index in [-0.39, 0.29) is 11.7 Å². The van der Waals surface area contributed by atoms with Crippen LogP contribution in [0.1, 0.15) is 33.6 Å². The lowest BCUT2D eigenvalue weighted by Crippen LogP contribution is -2.38. The maximum atomic E-state index is 14.0. The van der Waals surface area contributed by atoms with E-state index in [2.05, 4.69) is 0 Å². The largest absolute Gasteiger partial charge is 0.443 e. The Balaban J connectivity index is 2.27. The molecule has 1 aliphatic carbocycles. The summed E-state index contributed by atoms with van der Waals surface area (Å²) in [6, 6.07) is 4.34. The minimum Gasteiger partial charge on any atom is -0.443 e. The number of hydrogen-bond donors (Lipinski definition) is 1. The molecule has 0 heterocycles. The van der Waals surface area contributed by atoms with Gasteiger partial charge < -0.3 is 10.5 Å². The molecule has 1 amide bonds. The van der Waals surface area contributed by atoms with E-state index in [0.29, 0.717) is 5.69 Å². The molecule has 0 radical (unpaired) electrons. The fraction of sp³-hybridized carbons (Fsp3) is 0.500. The second kappa shape index (κ2) is 4.72. The summed E-state index contributed by atoms with van der Waals surface area (Å²) in [5.41, 5.74) is 5.48. The number of nitrogens with zero attached hydrogens (tertiary/aromatic N) is 1. The first-order valence-electron chi connectivity index (χ1n) is 6.35. The third kappa shape index (κ3) is 3.36. The lowest BCUT2D eigenvalue weighted by Gasteiger charge is -2.27. The number of halogens is 1. The maximum absolute atomic E-state index is 14.0. The van der Waals surface area contributed by atoms with Gasteiger partial charge >= 0.3 is 6.09 Å². The highest BCUT2D eigenvalue weighted by Gasteiger charge is 2.37. The summed E-state index contributed by atoms with van der Waals surface area (Å²) in [4.78, 5) is 13.6. The van der Waals surface area contributed by atoms with E-state index in [0.717, 1.165) is 12.8 Å². The lowest BCUT2D eigenvalue weighted by atomic mass is 10.2. The van der Waals surface area contributed by atoms with Gasteiger partial charge in [-0.05, 0) is 51.8 Å². The van der Waals surface area contributed by atoms with Gasteiger partial charge in [-0.2, -0.15) is 0 Å². The van der Waals surface area contributed by atoms with Crippen molar-refractivity contribution in [2.75, 3.05) is 10.6 Å². The number of rotatable bonds is 2. The van der Waals surface area contributed by atoms with Crippen LogP contribution in [-0.4, -0.2) is 17.7 Å². The molecular formula is C14H19FN2O2. The number of amides is 1. The molecule has 0 saturated heterocycles. The molecule has 0 aromatic heterocycles. The zero-order chi connectivity index (χ0) is 14.2. The van der Waals surface area contributed by atoms with E-state index in [1.54, 1.807) is 26.8 Å². The van der Waals surface area contributed by atoms with Gasteiger partial charge in [-0.25, -0.2) is 9.18 Å². The third-order valence-electron chi connectivity index (χ3n) is 2.73. The molecule has 5 heteroatoms. The molecule has 1 aromatic rings. The van der Waals surface area contributed by atoms with Crippen LogP contribution < -0.4 is 10.6 Å². The van der Waals surface area contributed by atoms with Crippen LogP contribution in [0.4, 0.5) is 20.6 Å². The van der Waals surface area contributed by atoms with Crippen LogP contribution in [0.5, 0.6) is 0 Å².